The Morgan fingerprint density at radius 3 is 2.42 bits per heavy atom. The Bertz CT molecular complexity index is 1220. The Morgan fingerprint density at radius 1 is 1.14 bits per heavy atom. The average molecular weight is 522 g/mol. The summed E-state index contributed by atoms with van der Waals surface area (Å²) in [6.45, 7) is 1.61. The van der Waals surface area contributed by atoms with Crippen LogP contribution in [-0.4, -0.2) is 57.6 Å². The Morgan fingerprint density at radius 2 is 1.83 bits per heavy atom. The molecule has 1 atom stereocenters. The highest BCUT2D eigenvalue weighted by Crippen LogP contribution is 2.33. The minimum atomic E-state index is -2.84. The zero-order chi connectivity index (χ0) is 25.8. The molecule has 0 N–H and O–H groups in total. The zero-order valence-electron chi connectivity index (χ0n) is 19.8. The number of carbonyl (C=O) groups excluding carboxylic acids is 1. The van der Waals surface area contributed by atoms with Crippen LogP contribution in [0.2, 0.25) is 0 Å². The van der Waals surface area contributed by atoms with Crippen LogP contribution < -0.4 is 9.80 Å². The van der Waals surface area contributed by atoms with Gasteiger partial charge in [0.2, 0.25) is 12.3 Å². The maximum atomic E-state index is 14.2. The predicted octanol–water partition coefficient (Wildman–Crippen LogP) is 4.17. The van der Waals surface area contributed by atoms with Crippen molar-refractivity contribution in [2.24, 2.45) is 0 Å². The van der Waals surface area contributed by atoms with Crippen LogP contribution in [0.25, 0.3) is 11.5 Å². The van der Waals surface area contributed by atoms with E-state index in [1.807, 2.05) is 9.21 Å². The maximum Gasteiger partial charge on any atom is 0.314 e. The van der Waals surface area contributed by atoms with Gasteiger partial charge in [0.1, 0.15) is 5.82 Å². The first kappa shape index (κ1) is 25.8. The minimum absolute atomic E-state index is 0.00259. The van der Waals surface area contributed by atoms with Crippen LogP contribution in [0.15, 0.2) is 46.9 Å². The molecule has 36 heavy (non-hydrogen) atoms. The lowest BCUT2D eigenvalue weighted by atomic mass is 10.0. The molecule has 4 rings (SSSR count). The Hall–Kier alpha value is -3.25. The van der Waals surface area contributed by atoms with Crippen LogP contribution in [-0.2, 0) is 22.3 Å². The topological polar surface area (TPSA) is 82.8 Å². The number of amides is 1. The molecule has 1 aliphatic rings. The second-order valence-corrected chi connectivity index (χ2v) is 9.89. The molecule has 1 amide bonds. The number of hydrogen-bond acceptors (Lipinski definition) is 6. The number of aromatic nitrogens is 2. The minimum Gasteiger partial charge on any atom is -0.415 e. The van der Waals surface area contributed by atoms with E-state index in [0.29, 0.717) is 49.4 Å². The molecule has 8 nitrogen and oxygen atoms in total. The summed E-state index contributed by atoms with van der Waals surface area (Å²) in [5.74, 6) is -1.16. The van der Waals surface area contributed by atoms with Crippen molar-refractivity contribution in [2.75, 3.05) is 36.2 Å². The van der Waals surface area contributed by atoms with E-state index in [2.05, 4.69) is 10.2 Å². The van der Waals surface area contributed by atoms with Gasteiger partial charge in [-0.25, -0.2) is 12.9 Å². The number of anilines is 2. The number of piperidine rings is 1. The van der Waals surface area contributed by atoms with Gasteiger partial charge in [-0.2, -0.15) is 8.78 Å². The maximum absolute atomic E-state index is 14.2. The van der Waals surface area contributed by atoms with Gasteiger partial charge in [-0.1, -0.05) is 12.1 Å². The van der Waals surface area contributed by atoms with E-state index in [9.17, 15) is 22.2 Å². The van der Waals surface area contributed by atoms with Crippen LogP contribution in [0.5, 0.6) is 0 Å². The molecular weight excluding hydrogens is 495 g/mol. The quantitative estimate of drug-likeness (QED) is 0.393. The summed E-state index contributed by atoms with van der Waals surface area (Å²) in [5, 5.41) is 6.98. The molecule has 1 aromatic heterocycles. The highest BCUT2D eigenvalue weighted by atomic mass is 32.2. The molecule has 2 heterocycles. The molecule has 12 heteroatoms. The van der Waals surface area contributed by atoms with E-state index in [1.165, 1.54) is 12.1 Å². The third-order valence-electron chi connectivity index (χ3n) is 6.17. The molecular formula is C24H26F3N5O3S. The van der Waals surface area contributed by atoms with Crippen LogP contribution in [0.1, 0.15) is 30.7 Å². The first-order valence-electron chi connectivity index (χ1n) is 11.3. The molecule has 0 saturated carbocycles. The van der Waals surface area contributed by atoms with E-state index in [0.717, 1.165) is 12.0 Å². The lowest BCUT2D eigenvalue weighted by molar-refractivity contribution is -0.108. The number of hydrogen-bond donors (Lipinski definition) is 0. The summed E-state index contributed by atoms with van der Waals surface area (Å²) in [6, 6.07) is 11.2. The number of halogens is 3. The van der Waals surface area contributed by atoms with Gasteiger partial charge >= 0.3 is 6.43 Å². The predicted molar refractivity (Wildman–Crippen MR) is 130 cm³/mol. The van der Waals surface area contributed by atoms with Crippen LogP contribution in [0.4, 0.5) is 24.5 Å². The van der Waals surface area contributed by atoms with Crippen molar-refractivity contribution in [1.29, 1.82) is 0 Å². The molecule has 192 valence electrons. The van der Waals surface area contributed by atoms with Crippen LogP contribution >= 0.6 is 0 Å². The van der Waals surface area contributed by atoms with Crippen molar-refractivity contribution in [3.05, 3.63) is 59.7 Å². The van der Waals surface area contributed by atoms with E-state index in [4.69, 9.17) is 4.42 Å². The van der Waals surface area contributed by atoms with Gasteiger partial charge in [0.25, 0.3) is 5.89 Å². The van der Waals surface area contributed by atoms with E-state index in [-0.39, 0.29) is 11.9 Å². The van der Waals surface area contributed by atoms with Gasteiger partial charge in [0, 0.05) is 44.5 Å². The lowest BCUT2D eigenvalue weighted by Crippen LogP contribution is -2.45. The van der Waals surface area contributed by atoms with Crippen molar-refractivity contribution >= 4 is 28.8 Å². The smallest absolute Gasteiger partial charge is 0.314 e. The molecule has 3 aromatic rings. The van der Waals surface area contributed by atoms with Gasteiger partial charge in [-0.05, 0) is 48.7 Å². The number of rotatable bonds is 9. The second-order valence-electron chi connectivity index (χ2n) is 8.53. The number of carbonyl (C=O) groups is 1. The van der Waals surface area contributed by atoms with E-state index >= 15 is 0 Å². The van der Waals surface area contributed by atoms with Crippen molar-refractivity contribution in [3.63, 3.8) is 0 Å². The molecule has 0 radical (unpaired) electrons. The highest BCUT2D eigenvalue weighted by molar-refractivity contribution is 7.81. The molecule has 0 spiro atoms. The molecule has 2 aromatic carbocycles. The third-order valence-corrected chi connectivity index (χ3v) is 7.26. The van der Waals surface area contributed by atoms with Gasteiger partial charge < -0.3 is 14.2 Å². The Kier molecular flexibility index (Phi) is 8.04. The zero-order valence-corrected chi connectivity index (χ0v) is 20.6. The molecule has 1 unspecified atom stereocenters. The van der Waals surface area contributed by atoms with Gasteiger partial charge in [0.05, 0.1) is 22.4 Å². The van der Waals surface area contributed by atoms with Crippen molar-refractivity contribution in [1.82, 2.24) is 14.5 Å². The van der Waals surface area contributed by atoms with Crippen molar-refractivity contribution in [3.8, 4) is 11.5 Å². The van der Waals surface area contributed by atoms with E-state index < -0.39 is 29.1 Å². The number of benzene rings is 2. The summed E-state index contributed by atoms with van der Waals surface area (Å²) in [7, 11) is 0.739. The fourth-order valence-corrected chi connectivity index (χ4v) is 5.01. The first-order valence-corrected chi connectivity index (χ1v) is 12.8. The summed E-state index contributed by atoms with van der Waals surface area (Å²) in [6.07, 6.45) is 0.876. The Labute approximate surface area is 209 Å². The fraction of sp³-hybridized carbons (Fsp3) is 0.375. The standard InChI is InChI=1S/C24H26F3N5O3S/c1-30(14-16-3-5-17(6-4-16)23-28-29-24(35-23)22(26)27)21-13-18(25)7-8-20(21)32(15-33)19-9-11-31(12-10-19)36(2)34/h3-8,13,15,19,22H,9-12,14H2,1-2H3. The summed E-state index contributed by atoms with van der Waals surface area (Å²) in [4.78, 5) is 15.6. The SMILES string of the molecule is CN(Cc1ccc(-c2nnc(C(F)F)o2)cc1)c1cc(F)ccc1N(C=O)C1CCN(S(C)=O)CC1. The van der Waals surface area contributed by atoms with Gasteiger partial charge in [0.15, 0.2) is 0 Å². The third kappa shape index (κ3) is 5.76. The molecule has 1 saturated heterocycles. The molecule has 0 bridgehead atoms. The lowest BCUT2D eigenvalue weighted by Gasteiger charge is -2.37. The first-order chi connectivity index (χ1) is 17.3. The number of nitrogens with zero attached hydrogens (tertiary/aromatic N) is 5. The van der Waals surface area contributed by atoms with Gasteiger partial charge in [-0.3, -0.25) is 4.79 Å². The normalized spacial score (nSPS) is 15.7. The Balaban J connectivity index is 1.51. The molecule has 1 aliphatic heterocycles. The summed E-state index contributed by atoms with van der Waals surface area (Å²) >= 11 is 0. The molecule has 1 fully saturated rings. The van der Waals surface area contributed by atoms with E-state index in [1.54, 1.807) is 48.5 Å². The van der Waals surface area contributed by atoms with Crippen molar-refractivity contribution < 1.29 is 26.6 Å². The highest BCUT2D eigenvalue weighted by Gasteiger charge is 2.28. The summed E-state index contributed by atoms with van der Waals surface area (Å²) < 4.78 is 58.3. The number of alkyl halides is 2. The van der Waals surface area contributed by atoms with Crippen LogP contribution in [0, 0.1) is 5.82 Å². The average Bonchev–Trinajstić information content (AvgIpc) is 3.37. The summed E-state index contributed by atoms with van der Waals surface area (Å²) in [5.41, 5.74) is 2.50. The monoisotopic (exact) mass is 521 g/mol. The van der Waals surface area contributed by atoms with Crippen molar-refractivity contribution in [2.45, 2.75) is 31.9 Å². The molecule has 0 aliphatic carbocycles. The van der Waals surface area contributed by atoms with Gasteiger partial charge in [-0.15, -0.1) is 10.2 Å². The fourth-order valence-electron chi connectivity index (χ4n) is 4.29. The second kappa shape index (κ2) is 11.2. The van der Waals surface area contributed by atoms with Crippen LogP contribution in [0.3, 0.4) is 0 Å². The largest absolute Gasteiger partial charge is 0.415 e.